The first-order valence-corrected chi connectivity index (χ1v) is 7.58. The summed E-state index contributed by atoms with van der Waals surface area (Å²) in [5.74, 6) is 1.13. The number of carbonyl (C=O) groups excluding carboxylic acids is 1. The van der Waals surface area contributed by atoms with E-state index in [1.807, 2.05) is 0 Å². The van der Waals surface area contributed by atoms with Crippen LogP contribution in [-0.4, -0.2) is 12.7 Å². The molecule has 0 fully saturated rings. The Balaban J connectivity index is 1.63. The number of fused-ring (bicyclic) bond motifs is 1. The van der Waals surface area contributed by atoms with Crippen LogP contribution >= 0.6 is 0 Å². The van der Waals surface area contributed by atoms with Crippen molar-refractivity contribution in [3.05, 3.63) is 47.0 Å². The Hall–Kier alpha value is -2.69. The Morgan fingerprint density at radius 3 is 2.65 bits per heavy atom. The number of rotatable bonds is 4. The number of aryl methyl sites for hydroxylation is 3. The number of nitrogen functional groups attached to an aromatic ring is 1. The maximum Gasteiger partial charge on any atom is 0.231 e. The van der Waals surface area contributed by atoms with Crippen LogP contribution in [0.2, 0.25) is 0 Å². The van der Waals surface area contributed by atoms with E-state index in [1.54, 1.807) is 12.1 Å². The van der Waals surface area contributed by atoms with Gasteiger partial charge in [0.05, 0.1) is 11.4 Å². The lowest BCUT2D eigenvalue weighted by atomic mass is 10.0. The number of hydrogen-bond acceptors (Lipinski definition) is 4. The molecular formula is C18H20N2O3. The van der Waals surface area contributed by atoms with Gasteiger partial charge in [0, 0.05) is 18.6 Å². The van der Waals surface area contributed by atoms with E-state index < -0.39 is 0 Å². The second-order valence-corrected chi connectivity index (χ2v) is 5.77. The molecule has 1 amide bonds. The van der Waals surface area contributed by atoms with E-state index in [1.165, 1.54) is 16.7 Å². The van der Waals surface area contributed by atoms with Crippen molar-refractivity contribution in [1.29, 1.82) is 0 Å². The van der Waals surface area contributed by atoms with E-state index >= 15 is 0 Å². The number of amides is 1. The summed E-state index contributed by atoms with van der Waals surface area (Å²) in [5, 5.41) is 2.84. The number of ether oxygens (including phenoxy) is 2. The monoisotopic (exact) mass is 312 g/mol. The van der Waals surface area contributed by atoms with Crippen LogP contribution in [-0.2, 0) is 11.2 Å². The third kappa shape index (κ3) is 3.39. The highest BCUT2D eigenvalue weighted by Crippen LogP contribution is 2.38. The van der Waals surface area contributed by atoms with E-state index in [9.17, 15) is 4.79 Å². The molecule has 3 rings (SSSR count). The molecule has 0 atom stereocenters. The van der Waals surface area contributed by atoms with Crippen LogP contribution in [0.4, 0.5) is 11.4 Å². The molecule has 0 aliphatic carbocycles. The Morgan fingerprint density at radius 1 is 1.17 bits per heavy atom. The maximum atomic E-state index is 12.2. The van der Waals surface area contributed by atoms with Crippen LogP contribution in [0.5, 0.6) is 11.5 Å². The van der Waals surface area contributed by atoms with Crippen LogP contribution in [0.15, 0.2) is 30.3 Å². The molecule has 0 spiro atoms. The summed E-state index contributed by atoms with van der Waals surface area (Å²) in [7, 11) is 0. The Bertz CT molecular complexity index is 756. The van der Waals surface area contributed by atoms with Crippen molar-refractivity contribution in [2.75, 3.05) is 17.8 Å². The number of benzene rings is 2. The van der Waals surface area contributed by atoms with Crippen molar-refractivity contribution >= 4 is 17.3 Å². The van der Waals surface area contributed by atoms with Gasteiger partial charge in [-0.1, -0.05) is 23.8 Å². The van der Waals surface area contributed by atoms with E-state index in [4.69, 9.17) is 15.2 Å². The SMILES string of the molecule is Cc1ccc(CCC(=O)Nc2cc3c(cc2N)OCO3)c(C)c1. The number of nitrogens with two attached hydrogens (primary N) is 1. The summed E-state index contributed by atoms with van der Waals surface area (Å²) in [6.45, 7) is 4.31. The quantitative estimate of drug-likeness (QED) is 0.850. The van der Waals surface area contributed by atoms with Crippen LogP contribution in [0.3, 0.4) is 0 Å². The van der Waals surface area contributed by atoms with Crippen molar-refractivity contribution in [1.82, 2.24) is 0 Å². The maximum absolute atomic E-state index is 12.2. The summed E-state index contributed by atoms with van der Waals surface area (Å²) in [6, 6.07) is 9.64. The molecule has 0 aromatic heterocycles. The fourth-order valence-corrected chi connectivity index (χ4v) is 2.65. The molecule has 1 aliphatic rings. The number of anilines is 2. The highest BCUT2D eigenvalue weighted by molar-refractivity contribution is 5.94. The lowest BCUT2D eigenvalue weighted by molar-refractivity contribution is -0.116. The van der Waals surface area contributed by atoms with Gasteiger partial charge in [-0.3, -0.25) is 4.79 Å². The second kappa shape index (κ2) is 6.20. The fourth-order valence-electron chi connectivity index (χ4n) is 2.65. The summed E-state index contributed by atoms with van der Waals surface area (Å²) in [6.07, 6.45) is 1.10. The molecule has 0 unspecified atom stereocenters. The first kappa shape index (κ1) is 15.2. The summed E-state index contributed by atoms with van der Waals surface area (Å²) in [4.78, 5) is 12.2. The third-order valence-corrected chi connectivity index (χ3v) is 3.94. The van der Waals surface area contributed by atoms with Gasteiger partial charge < -0.3 is 20.5 Å². The number of nitrogens with one attached hydrogen (secondary N) is 1. The zero-order valence-electron chi connectivity index (χ0n) is 13.3. The molecule has 3 N–H and O–H groups in total. The highest BCUT2D eigenvalue weighted by atomic mass is 16.7. The standard InChI is InChI=1S/C18H20N2O3/c1-11-3-4-13(12(2)7-11)5-6-18(21)20-15-9-17-16(8-14(15)19)22-10-23-17/h3-4,7-9H,5-6,10,19H2,1-2H3,(H,20,21). The van der Waals surface area contributed by atoms with E-state index in [0.29, 0.717) is 35.7 Å². The normalized spacial score (nSPS) is 12.3. The van der Waals surface area contributed by atoms with Crippen LogP contribution in [0.1, 0.15) is 23.1 Å². The lowest BCUT2D eigenvalue weighted by Crippen LogP contribution is -2.14. The van der Waals surface area contributed by atoms with Crippen LogP contribution in [0, 0.1) is 13.8 Å². The van der Waals surface area contributed by atoms with Gasteiger partial charge in [0.1, 0.15) is 0 Å². The van der Waals surface area contributed by atoms with Crippen LogP contribution in [0.25, 0.3) is 0 Å². The van der Waals surface area contributed by atoms with Crippen LogP contribution < -0.4 is 20.5 Å². The average Bonchev–Trinajstić information content (AvgIpc) is 2.93. The summed E-state index contributed by atoms with van der Waals surface area (Å²) in [5.41, 5.74) is 10.6. The minimum Gasteiger partial charge on any atom is -0.454 e. The van der Waals surface area contributed by atoms with Crippen molar-refractivity contribution in [3.63, 3.8) is 0 Å². The molecule has 5 heteroatoms. The smallest absolute Gasteiger partial charge is 0.231 e. The molecule has 23 heavy (non-hydrogen) atoms. The van der Waals surface area contributed by atoms with Crippen molar-refractivity contribution in [2.24, 2.45) is 0 Å². The minimum atomic E-state index is -0.0736. The average molecular weight is 312 g/mol. The topological polar surface area (TPSA) is 73.6 Å². The van der Waals surface area contributed by atoms with Gasteiger partial charge in [0.25, 0.3) is 0 Å². The molecule has 0 saturated carbocycles. The predicted octanol–water partition coefficient (Wildman–Crippen LogP) is 3.19. The number of carbonyl (C=O) groups is 1. The minimum absolute atomic E-state index is 0.0736. The highest BCUT2D eigenvalue weighted by Gasteiger charge is 2.17. The van der Waals surface area contributed by atoms with E-state index in [0.717, 1.165) is 0 Å². The molecule has 2 aromatic rings. The third-order valence-electron chi connectivity index (χ3n) is 3.94. The fraction of sp³-hybridized carbons (Fsp3) is 0.278. The van der Waals surface area contributed by atoms with E-state index in [2.05, 4.69) is 37.4 Å². The van der Waals surface area contributed by atoms with Gasteiger partial charge in [0.15, 0.2) is 11.5 Å². The Labute approximate surface area is 135 Å². The zero-order valence-corrected chi connectivity index (χ0v) is 13.3. The number of hydrogen-bond donors (Lipinski definition) is 2. The van der Waals surface area contributed by atoms with Gasteiger partial charge in [-0.25, -0.2) is 0 Å². The second-order valence-electron chi connectivity index (χ2n) is 5.77. The molecule has 2 aromatic carbocycles. The molecular weight excluding hydrogens is 292 g/mol. The van der Waals surface area contributed by atoms with Crippen molar-refractivity contribution in [2.45, 2.75) is 26.7 Å². The van der Waals surface area contributed by atoms with E-state index in [-0.39, 0.29) is 12.7 Å². The summed E-state index contributed by atoms with van der Waals surface area (Å²) < 4.78 is 10.6. The lowest BCUT2D eigenvalue weighted by Gasteiger charge is -2.10. The van der Waals surface area contributed by atoms with Gasteiger partial charge in [-0.05, 0) is 31.4 Å². The largest absolute Gasteiger partial charge is 0.454 e. The van der Waals surface area contributed by atoms with Crippen molar-refractivity contribution in [3.8, 4) is 11.5 Å². The first-order chi connectivity index (χ1) is 11.0. The Kier molecular flexibility index (Phi) is 4.10. The zero-order chi connectivity index (χ0) is 16.4. The first-order valence-electron chi connectivity index (χ1n) is 7.58. The van der Waals surface area contributed by atoms with Gasteiger partial charge in [-0.15, -0.1) is 0 Å². The molecule has 120 valence electrons. The van der Waals surface area contributed by atoms with Gasteiger partial charge >= 0.3 is 0 Å². The van der Waals surface area contributed by atoms with Gasteiger partial charge in [0.2, 0.25) is 12.7 Å². The summed E-state index contributed by atoms with van der Waals surface area (Å²) >= 11 is 0. The molecule has 5 nitrogen and oxygen atoms in total. The molecule has 1 heterocycles. The predicted molar refractivity (Wildman–Crippen MR) is 89.8 cm³/mol. The van der Waals surface area contributed by atoms with Crippen molar-refractivity contribution < 1.29 is 14.3 Å². The molecule has 0 radical (unpaired) electrons. The molecule has 0 bridgehead atoms. The Morgan fingerprint density at radius 2 is 1.91 bits per heavy atom. The molecule has 0 saturated heterocycles. The molecule has 1 aliphatic heterocycles. The van der Waals surface area contributed by atoms with Gasteiger partial charge in [-0.2, -0.15) is 0 Å².